The molecule has 8 nitrogen and oxygen atoms in total. The van der Waals surface area contributed by atoms with Crippen LogP contribution in [0.3, 0.4) is 0 Å². The number of nitrogens with one attached hydrogen (secondary N) is 2. The molecule has 3 N–H and O–H groups in total. The zero-order valence-corrected chi connectivity index (χ0v) is 20.3. The van der Waals surface area contributed by atoms with Gasteiger partial charge in [-0.15, -0.1) is 0 Å². The van der Waals surface area contributed by atoms with Crippen LogP contribution in [0.5, 0.6) is 0 Å². The topological polar surface area (TPSA) is 108 Å². The Labute approximate surface area is 199 Å². The first kappa shape index (κ1) is 24.0. The van der Waals surface area contributed by atoms with Crippen molar-refractivity contribution in [1.82, 2.24) is 10.2 Å². The molecule has 2 bridgehead atoms. The van der Waals surface area contributed by atoms with Crippen molar-refractivity contribution in [2.45, 2.75) is 57.4 Å². The molecule has 0 aromatic heterocycles. The van der Waals surface area contributed by atoms with E-state index in [0.717, 1.165) is 0 Å². The maximum Gasteiger partial charge on any atom is 0.250 e. The van der Waals surface area contributed by atoms with Gasteiger partial charge in [-0.3, -0.25) is 14.4 Å². The Balaban J connectivity index is 1.84. The standard InChI is InChI=1S/C24H32ClN3O5/c1-12(2)16(11-29)28-19(21(31)27-15-9-7-6-8-14(15)25)24-10-13(3)23(4,33-24)17(20(30)26-5)18(24)22(28)32/h6-9,12-13,16-19,29H,10-11H2,1-5H3,(H,26,30)(H,27,31)/t13?,16-,17+,18-,19?,23-,24?/m0/s1. The Morgan fingerprint density at radius 3 is 2.55 bits per heavy atom. The van der Waals surface area contributed by atoms with E-state index < -0.39 is 41.0 Å². The first-order valence-electron chi connectivity index (χ1n) is 11.4. The molecule has 9 heteroatoms. The molecular weight excluding hydrogens is 446 g/mol. The zero-order chi connectivity index (χ0) is 24.3. The molecule has 33 heavy (non-hydrogen) atoms. The van der Waals surface area contributed by atoms with Crippen LogP contribution in [0.4, 0.5) is 5.69 Å². The number of halogens is 1. The Morgan fingerprint density at radius 2 is 1.97 bits per heavy atom. The Bertz CT molecular complexity index is 987. The first-order valence-corrected chi connectivity index (χ1v) is 11.8. The Kier molecular flexibility index (Phi) is 6.00. The molecule has 4 rings (SSSR count). The second kappa shape index (κ2) is 8.25. The van der Waals surface area contributed by atoms with Crippen molar-refractivity contribution in [3.8, 4) is 0 Å². The number of ether oxygens (including phenoxy) is 1. The van der Waals surface area contributed by atoms with E-state index in [0.29, 0.717) is 17.1 Å². The molecule has 3 saturated heterocycles. The number of para-hydroxylation sites is 1. The lowest BCUT2D eigenvalue weighted by Crippen LogP contribution is -2.57. The fourth-order valence-corrected chi connectivity index (χ4v) is 6.46. The van der Waals surface area contributed by atoms with Crippen molar-refractivity contribution in [2.75, 3.05) is 19.0 Å². The average Bonchev–Trinajstić information content (AvgIpc) is 3.27. The number of carbonyl (C=O) groups is 3. The molecule has 7 atom stereocenters. The van der Waals surface area contributed by atoms with Gasteiger partial charge < -0.3 is 25.4 Å². The summed E-state index contributed by atoms with van der Waals surface area (Å²) in [5.74, 6) is -2.75. The fourth-order valence-electron chi connectivity index (χ4n) is 6.27. The summed E-state index contributed by atoms with van der Waals surface area (Å²) in [6, 6.07) is 5.26. The van der Waals surface area contributed by atoms with Crippen LogP contribution in [0.25, 0.3) is 0 Å². The maximum absolute atomic E-state index is 13.9. The number of amides is 3. The summed E-state index contributed by atoms with van der Waals surface area (Å²) < 4.78 is 6.60. The molecule has 3 heterocycles. The highest BCUT2D eigenvalue weighted by Gasteiger charge is 2.80. The van der Waals surface area contributed by atoms with Crippen molar-refractivity contribution < 1.29 is 24.2 Å². The van der Waals surface area contributed by atoms with Crippen molar-refractivity contribution in [3.63, 3.8) is 0 Å². The quantitative estimate of drug-likeness (QED) is 0.581. The Hall–Kier alpha value is -2.16. The summed E-state index contributed by atoms with van der Waals surface area (Å²) in [5, 5.41) is 16.1. The number of nitrogens with zero attached hydrogens (tertiary/aromatic N) is 1. The summed E-state index contributed by atoms with van der Waals surface area (Å²) in [7, 11) is 1.54. The molecule has 1 aromatic carbocycles. The van der Waals surface area contributed by atoms with E-state index in [4.69, 9.17) is 16.3 Å². The lowest BCUT2D eigenvalue weighted by molar-refractivity contribution is -0.150. The highest BCUT2D eigenvalue weighted by Crippen LogP contribution is 2.65. The largest absolute Gasteiger partial charge is 0.394 e. The van der Waals surface area contributed by atoms with E-state index in [1.165, 1.54) is 4.90 Å². The van der Waals surface area contributed by atoms with E-state index in [1.54, 1.807) is 31.3 Å². The summed E-state index contributed by atoms with van der Waals surface area (Å²) in [5.41, 5.74) is -1.62. The summed E-state index contributed by atoms with van der Waals surface area (Å²) in [4.78, 5) is 42.2. The molecule has 180 valence electrons. The molecule has 0 aliphatic carbocycles. The number of hydrogen-bond acceptors (Lipinski definition) is 5. The van der Waals surface area contributed by atoms with E-state index in [9.17, 15) is 19.5 Å². The van der Waals surface area contributed by atoms with E-state index >= 15 is 0 Å². The lowest BCUT2D eigenvalue weighted by atomic mass is 9.62. The molecule has 3 fully saturated rings. The smallest absolute Gasteiger partial charge is 0.250 e. The predicted molar refractivity (Wildman–Crippen MR) is 123 cm³/mol. The lowest BCUT2D eigenvalue weighted by Gasteiger charge is -2.38. The minimum absolute atomic E-state index is 0.0500. The fraction of sp³-hybridized carbons (Fsp3) is 0.625. The molecule has 1 aromatic rings. The molecule has 3 amide bonds. The second-order valence-corrected chi connectivity index (χ2v) is 10.4. The number of aliphatic hydroxyl groups excluding tert-OH is 1. The predicted octanol–water partition coefficient (Wildman–Crippen LogP) is 2.05. The van der Waals surface area contributed by atoms with E-state index in [1.807, 2.05) is 27.7 Å². The van der Waals surface area contributed by atoms with Crippen LogP contribution >= 0.6 is 11.6 Å². The molecule has 3 aliphatic rings. The third kappa shape index (κ3) is 3.29. The summed E-state index contributed by atoms with van der Waals surface area (Å²) in [6.45, 7) is 7.32. The monoisotopic (exact) mass is 477 g/mol. The average molecular weight is 478 g/mol. The van der Waals surface area contributed by atoms with Gasteiger partial charge in [0.1, 0.15) is 11.6 Å². The van der Waals surface area contributed by atoms with Gasteiger partial charge in [0.2, 0.25) is 17.7 Å². The number of anilines is 1. The van der Waals surface area contributed by atoms with Gasteiger partial charge in [0.25, 0.3) is 0 Å². The van der Waals surface area contributed by atoms with Gasteiger partial charge in [0, 0.05) is 7.05 Å². The molecule has 1 spiro atoms. The van der Waals surface area contributed by atoms with Gasteiger partial charge in [-0.05, 0) is 37.3 Å². The SMILES string of the molecule is CNC(=O)[C@H]1[C@H]2C(=O)N([C@@H](CO)C(C)C)C(C(=O)Nc3ccccc3Cl)C23CC(C)[C@]1(C)O3. The van der Waals surface area contributed by atoms with Gasteiger partial charge in [0.15, 0.2) is 0 Å². The highest BCUT2D eigenvalue weighted by atomic mass is 35.5. The molecule has 3 aliphatic heterocycles. The van der Waals surface area contributed by atoms with Gasteiger partial charge in [0.05, 0.1) is 40.8 Å². The zero-order valence-electron chi connectivity index (χ0n) is 19.6. The highest BCUT2D eigenvalue weighted by molar-refractivity contribution is 6.33. The normalized spacial score (nSPS) is 35.6. The van der Waals surface area contributed by atoms with Crippen molar-refractivity contribution in [2.24, 2.45) is 23.7 Å². The number of fused-ring (bicyclic) bond motifs is 1. The van der Waals surface area contributed by atoms with Crippen LogP contribution in [0.1, 0.15) is 34.1 Å². The van der Waals surface area contributed by atoms with E-state index in [-0.39, 0.29) is 30.3 Å². The minimum Gasteiger partial charge on any atom is -0.394 e. The molecule has 0 saturated carbocycles. The van der Waals surface area contributed by atoms with Crippen LogP contribution < -0.4 is 10.6 Å². The summed E-state index contributed by atoms with van der Waals surface area (Å²) in [6.07, 6.45) is 0.459. The summed E-state index contributed by atoms with van der Waals surface area (Å²) >= 11 is 6.28. The number of likely N-dealkylation sites (tertiary alicyclic amines) is 1. The first-order chi connectivity index (χ1) is 15.5. The minimum atomic E-state index is -1.17. The molecular formula is C24H32ClN3O5. The molecule has 0 radical (unpaired) electrons. The maximum atomic E-state index is 13.9. The van der Waals surface area contributed by atoms with Gasteiger partial charge >= 0.3 is 0 Å². The van der Waals surface area contributed by atoms with Gasteiger partial charge in [-0.1, -0.05) is 44.5 Å². The van der Waals surface area contributed by atoms with Gasteiger partial charge in [-0.2, -0.15) is 0 Å². The second-order valence-electron chi connectivity index (χ2n) is 10.0. The van der Waals surface area contributed by atoms with E-state index in [2.05, 4.69) is 10.6 Å². The molecule has 3 unspecified atom stereocenters. The number of carbonyl (C=O) groups excluding carboxylic acids is 3. The van der Waals surface area contributed by atoms with Crippen molar-refractivity contribution in [3.05, 3.63) is 29.3 Å². The number of benzene rings is 1. The van der Waals surface area contributed by atoms with Crippen molar-refractivity contribution >= 4 is 35.0 Å². The number of hydrogen-bond donors (Lipinski definition) is 3. The van der Waals surface area contributed by atoms with Crippen LogP contribution in [0.15, 0.2) is 24.3 Å². The van der Waals surface area contributed by atoms with Crippen LogP contribution in [-0.2, 0) is 19.1 Å². The van der Waals surface area contributed by atoms with Crippen molar-refractivity contribution in [1.29, 1.82) is 0 Å². The third-order valence-electron chi connectivity index (χ3n) is 7.98. The Morgan fingerprint density at radius 1 is 1.30 bits per heavy atom. The van der Waals surface area contributed by atoms with Crippen LogP contribution in [0, 0.1) is 23.7 Å². The van der Waals surface area contributed by atoms with Gasteiger partial charge in [-0.25, -0.2) is 0 Å². The number of aliphatic hydroxyl groups is 1. The number of rotatable bonds is 6. The van der Waals surface area contributed by atoms with Crippen LogP contribution in [0.2, 0.25) is 5.02 Å². The van der Waals surface area contributed by atoms with Crippen LogP contribution in [-0.4, -0.2) is 64.7 Å². The third-order valence-corrected chi connectivity index (χ3v) is 8.30.